The molecule has 20 heavy (non-hydrogen) atoms. The number of likely N-dealkylation sites (tertiary alicyclic amines) is 1. The van der Waals surface area contributed by atoms with Gasteiger partial charge in [0.15, 0.2) is 5.96 Å². The summed E-state index contributed by atoms with van der Waals surface area (Å²) in [6.45, 7) is 5.77. The van der Waals surface area contributed by atoms with Gasteiger partial charge in [0.05, 0.1) is 6.10 Å². The van der Waals surface area contributed by atoms with Crippen LogP contribution in [-0.4, -0.2) is 43.7 Å². The molecule has 1 aromatic heterocycles. The van der Waals surface area contributed by atoms with Crippen molar-refractivity contribution in [1.29, 1.82) is 0 Å². The van der Waals surface area contributed by atoms with Crippen molar-refractivity contribution < 1.29 is 4.74 Å². The predicted octanol–water partition coefficient (Wildman–Crippen LogP) is 2.94. The molecule has 0 saturated carbocycles. The van der Waals surface area contributed by atoms with E-state index in [0.717, 1.165) is 45.0 Å². The highest BCUT2D eigenvalue weighted by molar-refractivity contribution is 14.0. The Balaban J connectivity index is 0.00000200. The quantitative estimate of drug-likeness (QED) is 0.472. The van der Waals surface area contributed by atoms with Gasteiger partial charge >= 0.3 is 0 Å². The van der Waals surface area contributed by atoms with Crippen LogP contribution in [-0.2, 0) is 11.3 Å². The summed E-state index contributed by atoms with van der Waals surface area (Å²) in [5, 5.41) is 7.70. The van der Waals surface area contributed by atoms with Crippen molar-refractivity contribution in [3.05, 3.63) is 22.4 Å². The number of nitrogens with one attached hydrogen (secondary N) is 1. The molecule has 1 aromatic rings. The zero-order valence-corrected chi connectivity index (χ0v) is 15.3. The number of rotatable bonds is 4. The van der Waals surface area contributed by atoms with Crippen LogP contribution in [0, 0.1) is 0 Å². The summed E-state index contributed by atoms with van der Waals surface area (Å²) in [6.07, 6.45) is 2.61. The van der Waals surface area contributed by atoms with Gasteiger partial charge in [0.25, 0.3) is 0 Å². The Morgan fingerprint density at radius 3 is 2.80 bits per heavy atom. The molecule has 0 aromatic carbocycles. The summed E-state index contributed by atoms with van der Waals surface area (Å²) in [7, 11) is 1.85. The van der Waals surface area contributed by atoms with E-state index in [0.29, 0.717) is 6.10 Å². The molecule has 6 heteroatoms. The lowest BCUT2D eigenvalue weighted by Gasteiger charge is -2.34. The average Bonchev–Trinajstić information content (AvgIpc) is 2.95. The van der Waals surface area contributed by atoms with E-state index in [2.05, 4.69) is 39.0 Å². The standard InChI is InChI=1S/C14H23N3OS.HI/c1-3-18-13-4-7-17(8-5-13)14(15-2)16-10-12-6-9-19-11-12;/h6,9,11,13H,3-5,7-8,10H2,1-2H3,(H,15,16);1H. The van der Waals surface area contributed by atoms with Crippen LogP contribution >= 0.6 is 35.3 Å². The third kappa shape index (κ3) is 5.21. The van der Waals surface area contributed by atoms with Crippen LogP contribution in [0.1, 0.15) is 25.3 Å². The number of ether oxygens (including phenoxy) is 1. The number of thiophene rings is 1. The van der Waals surface area contributed by atoms with Gasteiger partial charge in [0.1, 0.15) is 0 Å². The van der Waals surface area contributed by atoms with Gasteiger partial charge in [-0.15, -0.1) is 24.0 Å². The molecule has 0 amide bonds. The molecule has 1 saturated heterocycles. The second-order valence-electron chi connectivity index (χ2n) is 4.67. The van der Waals surface area contributed by atoms with E-state index < -0.39 is 0 Å². The highest BCUT2D eigenvalue weighted by Gasteiger charge is 2.21. The number of hydrogen-bond acceptors (Lipinski definition) is 3. The molecule has 0 atom stereocenters. The largest absolute Gasteiger partial charge is 0.378 e. The molecule has 0 spiro atoms. The van der Waals surface area contributed by atoms with Crippen LogP contribution in [0.4, 0.5) is 0 Å². The molecular weight excluding hydrogens is 385 g/mol. The fourth-order valence-corrected chi connectivity index (χ4v) is 3.05. The van der Waals surface area contributed by atoms with E-state index in [-0.39, 0.29) is 24.0 Å². The maximum atomic E-state index is 5.68. The van der Waals surface area contributed by atoms with E-state index in [1.54, 1.807) is 11.3 Å². The molecular formula is C14H24IN3OS. The van der Waals surface area contributed by atoms with Crippen LogP contribution < -0.4 is 5.32 Å². The number of halogens is 1. The van der Waals surface area contributed by atoms with Crippen LogP contribution in [0.25, 0.3) is 0 Å². The highest BCUT2D eigenvalue weighted by atomic mass is 127. The van der Waals surface area contributed by atoms with Crippen molar-refractivity contribution in [3.8, 4) is 0 Å². The SMILES string of the molecule is CCOC1CCN(C(=NC)NCc2ccsc2)CC1.I. The second kappa shape index (κ2) is 9.57. The molecule has 2 rings (SSSR count). The first-order chi connectivity index (χ1) is 9.33. The van der Waals surface area contributed by atoms with Crippen LogP contribution in [0.5, 0.6) is 0 Å². The fourth-order valence-electron chi connectivity index (χ4n) is 2.38. The van der Waals surface area contributed by atoms with Gasteiger partial charge < -0.3 is 15.0 Å². The third-order valence-corrected chi connectivity index (χ3v) is 4.12. The minimum atomic E-state index is 0. The van der Waals surface area contributed by atoms with Crippen molar-refractivity contribution in [2.24, 2.45) is 4.99 Å². The Hall–Kier alpha value is -0.340. The smallest absolute Gasteiger partial charge is 0.193 e. The lowest BCUT2D eigenvalue weighted by Crippen LogP contribution is -2.46. The maximum absolute atomic E-state index is 5.68. The number of piperidine rings is 1. The van der Waals surface area contributed by atoms with Gasteiger partial charge in [-0.1, -0.05) is 0 Å². The number of nitrogens with zero attached hydrogens (tertiary/aromatic N) is 2. The first kappa shape index (κ1) is 17.7. The van der Waals surface area contributed by atoms with Crippen molar-refractivity contribution in [2.75, 3.05) is 26.7 Å². The van der Waals surface area contributed by atoms with Gasteiger partial charge in [-0.3, -0.25) is 4.99 Å². The maximum Gasteiger partial charge on any atom is 0.193 e. The summed E-state index contributed by atoms with van der Waals surface area (Å²) in [5.41, 5.74) is 1.32. The molecule has 4 nitrogen and oxygen atoms in total. The summed E-state index contributed by atoms with van der Waals surface area (Å²) in [4.78, 5) is 6.70. The van der Waals surface area contributed by atoms with E-state index in [4.69, 9.17) is 4.74 Å². The number of aliphatic imine (C=N–C) groups is 1. The van der Waals surface area contributed by atoms with Gasteiger partial charge in [0.2, 0.25) is 0 Å². The molecule has 0 bridgehead atoms. The molecule has 0 radical (unpaired) electrons. The van der Waals surface area contributed by atoms with E-state index in [1.165, 1.54) is 5.56 Å². The Labute approximate surface area is 142 Å². The van der Waals surface area contributed by atoms with E-state index in [1.807, 2.05) is 7.05 Å². The monoisotopic (exact) mass is 409 g/mol. The van der Waals surface area contributed by atoms with Crippen molar-refractivity contribution in [3.63, 3.8) is 0 Å². The first-order valence-corrected chi connectivity index (χ1v) is 7.86. The lowest BCUT2D eigenvalue weighted by molar-refractivity contribution is 0.0263. The van der Waals surface area contributed by atoms with Gasteiger partial charge in [0, 0.05) is 33.3 Å². The fraction of sp³-hybridized carbons (Fsp3) is 0.643. The number of guanidine groups is 1. The molecule has 0 unspecified atom stereocenters. The molecule has 114 valence electrons. The highest BCUT2D eigenvalue weighted by Crippen LogP contribution is 2.14. The normalized spacial score (nSPS) is 16.9. The first-order valence-electron chi connectivity index (χ1n) is 6.91. The summed E-state index contributed by atoms with van der Waals surface area (Å²) >= 11 is 1.73. The predicted molar refractivity (Wildman–Crippen MR) is 96.2 cm³/mol. The minimum absolute atomic E-state index is 0. The molecule has 1 aliphatic rings. The summed E-state index contributed by atoms with van der Waals surface area (Å²) in [6, 6.07) is 2.15. The average molecular weight is 409 g/mol. The van der Waals surface area contributed by atoms with E-state index >= 15 is 0 Å². The van der Waals surface area contributed by atoms with Crippen LogP contribution in [0.15, 0.2) is 21.8 Å². The zero-order chi connectivity index (χ0) is 13.5. The third-order valence-electron chi connectivity index (χ3n) is 3.39. The van der Waals surface area contributed by atoms with Crippen molar-refractivity contribution in [1.82, 2.24) is 10.2 Å². The molecule has 1 N–H and O–H groups in total. The Kier molecular flexibility index (Phi) is 8.47. The van der Waals surface area contributed by atoms with Crippen molar-refractivity contribution >= 4 is 41.3 Å². The van der Waals surface area contributed by atoms with Gasteiger partial charge in [-0.2, -0.15) is 11.3 Å². The van der Waals surface area contributed by atoms with Gasteiger partial charge in [-0.05, 0) is 42.2 Å². The number of hydrogen-bond donors (Lipinski definition) is 1. The molecule has 0 aliphatic carbocycles. The van der Waals surface area contributed by atoms with Crippen LogP contribution in [0.2, 0.25) is 0 Å². The Morgan fingerprint density at radius 2 is 2.25 bits per heavy atom. The Bertz CT molecular complexity index is 389. The minimum Gasteiger partial charge on any atom is -0.378 e. The topological polar surface area (TPSA) is 36.9 Å². The lowest BCUT2D eigenvalue weighted by atomic mass is 10.1. The Morgan fingerprint density at radius 1 is 1.50 bits per heavy atom. The molecule has 2 heterocycles. The zero-order valence-electron chi connectivity index (χ0n) is 12.2. The van der Waals surface area contributed by atoms with Gasteiger partial charge in [-0.25, -0.2) is 0 Å². The van der Waals surface area contributed by atoms with Crippen molar-refractivity contribution in [2.45, 2.75) is 32.4 Å². The summed E-state index contributed by atoms with van der Waals surface area (Å²) in [5.74, 6) is 1.00. The molecule has 1 aliphatic heterocycles. The van der Waals surface area contributed by atoms with E-state index in [9.17, 15) is 0 Å². The molecule has 1 fully saturated rings. The second-order valence-corrected chi connectivity index (χ2v) is 5.45. The van der Waals surface area contributed by atoms with Crippen LogP contribution in [0.3, 0.4) is 0 Å². The summed E-state index contributed by atoms with van der Waals surface area (Å²) < 4.78 is 5.68.